The normalized spacial score (nSPS) is 11.9. The summed E-state index contributed by atoms with van der Waals surface area (Å²) in [4.78, 5) is 10.5. The Labute approximate surface area is 263 Å². The molecule has 0 aliphatic rings. The van der Waals surface area contributed by atoms with Crippen molar-refractivity contribution in [2.24, 2.45) is 0 Å². The van der Waals surface area contributed by atoms with Gasteiger partial charge in [0.2, 0.25) is 0 Å². The van der Waals surface area contributed by atoms with Gasteiger partial charge in [0.05, 0.1) is 11.2 Å². The second kappa shape index (κ2) is 9.62. The quantitative estimate of drug-likeness (QED) is 0.206. The van der Waals surface area contributed by atoms with E-state index in [2.05, 4.69) is 97.1 Å². The van der Waals surface area contributed by atoms with Crippen LogP contribution < -0.4 is 0 Å². The maximum atomic E-state index is 6.64. The van der Waals surface area contributed by atoms with Crippen molar-refractivity contribution >= 4 is 65.6 Å². The van der Waals surface area contributed by atoms with Crippen LogP contribution in [0.4, 0.5) is 0 Å². The van der Waals surface area contributed by atoms with Gasteiger partial charge in [0.15, 0.2) is 5.82 Å². The van der Waals surface area contributed by atoms with Gasteiger partial charge in [-0.25, -0.2) is 9.97 Å². The zero-order chi connectivity index (χ0) is 30.2. The first-order valence-corrected chi connectivity index (χ1v) is 15.4. The van der Waals surface area contributed by atoms with Gasteiger partial charge in [-0.2, -0.15) is 0 Å². The molecule has 4 nitrogen and oxygen atoms in total. The highest BCUT2D eigenvalue weighted by atomic mass is 16.3. The highest BCUT2D eigenvalue weighted by Crippen LogP contribution is 2.43. The third kappa shape index (κ3) is 3.67. The third-order valence-corrected chi connectivity index (χ3v) is 9.08. The largest absolute Gasteiger partial charge is 0.456 e. The van der Waals surface area contributed by atoms with E-state index in [4.69, 9.17) is 18.8 Å². The number of benzene rings is 7. The fraction of sp³-hybridized carbons (Fsp3) is 0. The van der Waals surface area contributed by atoms with Crippen molar-refractivity contribution in [3.05, 3.63) is 146 Å². The summed E-state index contributed by atoms with van der Waals surface area (Å²) in [6, 6.07) is 50.2. The SMILES string of the molecule is c1ccc(-c2cc3c(oc4cccc(-c5nc(-c6ccc7oc8ccccc8c7c6)c6ccccc6n5)c43)c3ccccc23)cc1. The van der Waals surface area contributed by atoms with Crippen LogP contribution in [0.2, 0.25) is 0 Å². The van der Waals surface area contributed by atoms with Gasteiger partial charge in [-0.1, -0.05) is 103 Å². The number of nitrogens with zero attached hydrogens (tertiary/aromatic N) is 2. The summed E-state index contributed by atoms with van der Waals surface area (Å²) in [5, 5.41) is 7.47. The Balaban J connectivity index is 1.26. The molecule has 7 aromatic carbocycles. The summed E-state index contributed by atoms with van der Waals surface area (Å²) < 4.78 is 12.8. The van der Waals surface area contributed by atoms with Crippen molar-refractivity contribution in [1.29, 1.82) is 0 Å². The van der Waals surface area contributed by atoms with Crippen LogP contribution >= 0.6 is 0 Å². The number of furan rings is 2. The van der Waals surface area contributed by atoms with Crippen LogP contribution in [-0.4, -0.2) is 9.97 Å². The van der Waals surface area contributed by atoms with Crippen LogP contribution in [0.3, 0.4) is 0 Å². The van der Waals surface area contributed by atoms with Gasteiger partial charge in [0, 0.05) is 43.4 Å². The highest BCUT2D eigenvalue weighted by Gasteiger charge is 2.20. The fourth-order valence-corrected chi connectivity index (χ4v) is 6.98. The second-order valence-electron chi connectivity index (χ2n) is 11.7. The topological polar surface area (TPSA) is 52.1 Å². The van der Waals surface area contributed by atoms with Crippen molar-refractivity contribution in [2.45, 2.75) is 0 Å². The van der Waals surface area contributed by atoms with E-state index < -0.39 is 0 Å². The molecule has 10 aromatic rings. The predicted octanol–water partition coefficient (Wildman–Crippen LogP) is 11.6. The van der Waals surface area contributed by atoms with Gasteiger partial charge in [-0.3, -0.25) is 0 Å². The molecule has 0 N–H and O–H groups in total. The Morgan fingerprint density at radius 1 is 0.391 bits per heavy atom. The zero-order valence-electron chi connectivity index (χ0n) is 24.6. The van der Waals surface area contributed by atoms with E-state index in [1.165, 1.54) is 11.1 Å². The van der Waals surface area contributed by atoms with Crippen molar-refractivity contribution in [3.63, 3.8) is 0 Å². The van der Waals surface area contributed by atoms with E-state index in [9.17, 15) is 0 Å². The summed E-state index contributed by atoms with van der Waals surface area (Å²) in [5.74, 6) is 0.661. The molecule has 46 heavy (non-hydrogen) atoms. The minimum Gasteiger partial charge on any atom is -0.456 e. The fourth-order valence-electron chi connectivity index (χ4n) is 6.98. The average molecular weight is 589 g/mol. The molecule has 0 aliphatic carbocycles. The molecule has 0 radical (unpaired) electrons. The minimum atomic E-state index is 0.661. The average Bonchev–Trinajstić information content (AvgIpc) is 3.69. The predicted molar refractivity (Wildman–Crippen MR) is 188 cm³/mol. The molecule has 0 spiro atoms. The van der Waals surface area contributed by atoms with Gasteiger partial charge < -0.3 is 8.83 Å². The van der Waals surface area contributed by atoms with Gasteiger partial charge in [-0.05, 0) is 59.0 Å². The maximum Gasteiger partial charge on any atom is 0.161 e. The van der Waals surface area contributed by atoms with E-state index in [0.29, 0.717) is 5.82 Å². The van der Waals surface area contributed by atoms with Crippen molar-refractivity contribution in [2.75, 3.05) is 0 Å². The molecule has 3 heterocycles. The number of rotatable bonds is 3. The molecule has 3 aromatic heterocycles. The van der Waals surface area contributed by atoms with E-state index in [1.54, 1.807) is 0 Å². The first-order valence-electron chi connectivity index (χ1n) is 15.4. The van der Waals surface area contributed by atoms with Crippen molar-refractivity contribution in [3.8, 4) is 33.8 Å². The van der Waals surface area contributed by atoms with E-state index in [1.807, 2.05) is 48.5 Å². The summed E-state index contributed by atoms with van der Waals surface area (Å²) in [6.45, 7) is 0. The third-order valence-electron chi connectivity index (χ3n) is 9.08. The van der Waals surface area contributed by atoms with Gasteiger partial charge in [-0.15, -0.1) is 0 Å². The minimum absolute atomic E-state index is 0.661. The standard InChI is InChI=1S/C42H24N2O2/c1-2-11-25(12-3-1)32-24-34-39-31(17-10-20-38(39)46-41(34)29-15-5-4-13-27(29)32)42-43-35-18-8-6-16-30(35)40(44-42)26-21-22-37-33(23-26)28-14-7-9-19-36(28)45-37/h1-24H. The monoisotopic (exact) mass is 588 g/mol. The molecule has 0 fully saturated rings. The number of hydrogen-bond donors (Lipinski definition) is 0. The molecule has 0 atom stereocenters. The molecular formula is C42H24N2O2. The molecule has 0 unspecified atom stereocenters. The summed E-state index contributed by atoms with van der Waals surface area (Å²) >= 11 is 0. The van der Waals surface area contributed by atoms with Crippen LogP contribution in [0.15, 0.2) is 154 Å². The Hall–Kier alpha value is -6.26. The van der Waals surface area contributed by atoms with E-state index in [-0.39, 0.29) is 0 Å². The zero-order valence-corrected chi connectivity index (χ0v) is 24.6. The summed E-state index contributed by atoms with van der Waals surface area (Å²) in [7, 11) is 0. The lowest BCUT2D eigenvalue weighted by Gasteiger charge is -2.11. The maximum absolute atomic E-state index is 6.64. The van der Waals surface area contributed by atoms with Crippen LogP contribution in [0.25, 0.3) is 99.3 Å². The van der Waals surface area contributed by atoms with Crippen LogP contribution in [0.5, 0.6) is 0 Å². The van der Waals surface area contributed by atoms with Crippen LogP contribution in [0, 0.1) is 0 Å². The van der Waals surface area contributed by atoms with Crippen molar-refractivity contribution in [1.82, 2.24) is 9.97 Å². The van der Waals surface area contributed by atoms with Crippen LogP contribution in [0.1, 0.15) is 0 Å². The van der Waals surface area contributed by atoms with Gasteiger partial charge in [0.25, 0.3) is 0 Å². The first-order chi connectivity index (χ1) is 22.8. The molecule has 0 aliphatic heterocycles. The number of para-hydroxylation sites is 2. The highest BCUT2D eigenvalue weighted by molar-refractivity contribution is 6.22. The lowest BCUT2D eigenvalue weighted by atomic mass is 9.94. The molecule has 214 valence electrons. The molecule has 0 saturated carbocycles. The Kier molecular flexibility index (Phi) is 5.25. The lowest BCUT2D eigenvalue weighted by molar-refractivity contribution is 0.669. The van der Waals surface area contributed by atoms with Gasteiger partial charge in [0.1, 0.15) is 22.3 Å². The molecule has 10 rings (SSSR count). The molecule has 0 bridgehead atoms. The van der Waals surface area contributed by atoms with E-state index >= 15 is 0 Å². The summed E-state index contributed by atoms with van der Waals surface area (Å²) in [5.41, 5.74) is 9.48. The van der Waals surface area contributed by atoms with Gasteiger partial charge >= 0.3 is 0 Å². The second-order valence-corrected chi connectivity index (χ2v) is 11.7. The number of aromatic nitrogens is 2. The number of hydrogen-bond acceptors (Lipinski definition) is 4. The Morgan fingerprint density at radius 2 is 1.11 bits per heavy atom. The molecular weight excluding hydrogens is 564 g/mol. The molecule has 0 saturated heterocycles. The number of fused-ring (bicyclic) bond motifs is 9. The Bertz CT molecular complexity index is 2810. The molecule has 4 heteroatoms. The first kappa shape index (κ1) is 25.1. The van der Waals surface area contributed by atoms with E-state index in [0.717, 1.165) is 82.4 Å². The Morgan fingerprint density at radius 3 is 2.00 bits per heavy atom. The van der Waals surface area contributed by atoms with Crippen LogP contribution in [-0.2, 0) is 0 Å². The molecule has 0 amide bonds. The van der Waals surface area contributed by atoms with Crippen molar-refractivity contribution < 1.29 is 8.83 Å². The smallest absolute Gasteiger partial charge is 0.161 e. The summed E-state index contributed by atoms with van der Waals surface area (Å²) in [6.07, 6.45) is 0. The lowest BCUT2D eigenvalue weighted by Crippen LogP contribution is -1.95.